The molecule has 5 heteroatoms. The fourth-order valence-electron chi connectivity index (χ4n) is 2.95. The second kappa shape index (κ2) is 5.50. The summed E-state index contributed by atoms with van der Waals surface area (Å²) in [5.74, 6) is -0.845. The summed E-state index contributed by atoms with van der Waals surface area (Å²) in [6.45, 7) is 0.387. The highest BCUT2D eigenvalue weighted by Gasteiger charge is 2.42. The number of likely N-dealkylation sites (tertiary alicyclic amines) is 1. The first-order valence-electron chi connectivity index (χ1n) is 6.66. The number of rotatable bonds is 5. The van der Waals surface area contributed by atoms with E-state index >= 15 is 0 Å². The molecule has 1 N–H and O–H groups in total. The van der Waals surface area contributed by atoms with E-state index in [-0.39, 0.29) is 30.1 Å². The SMILES string of the molecule is O=C(O)CCCCN1C(=O)C2CCCC(C2)C1=O. The van der Waals surface area contributed by atoms with Crippen molar-refractivity contribution in [1.82, 2.24) is 4.90 Å². The molecule has 0 aromatic rings. The van der Waals surface area contributed by atoms with Crippen LogP contribution in [0.15, 0.2) is 0 Å². The Balaban J connectivity index is 1.88. The summed E-state index contributed by atoms with van der Waals surface area (Å²) < 4.78 is 0. The third-order valence-corrected chi connectivity index (χ3v) is 3.93. The number of carbonyl (C=O) groups excluding carboxylic acids is 2. The molecule has 1 heterocycles. The van der Waals surface area contributed by atoms with Gasteiger partial charge in [-0.2, -0.15) is 0 Å². The zero-order valence-corrected chi connectivity index (χ0v) is 10.4. The first-order chi connectivity index (χ1) is 8.59. The molecular formula is C13H19NO4. The van der Waals surface area contributed by atoms with E-state index in [1.54, 1.807) is 0 Å². The minimum absolute atomic E-state index is 0.0286. The predicted molar refractivity (Wildman–Crippen MR) is 63.7 cm³/mol. The molecule has 0 spiro atoms. The molecule has 2 aliphatic rings. The average Bonchev–Trinajstić information content (AvgIpc) is 2.36. The minimum Gasteiger partial charge on any atom is -0.481 e. The lowest BCUT2D eigenvalue weighted by molar-refractivity contribution is -0.158. The van der Waals surface area contributed by atoms with Crippen LogP contribution in [-0.4, -0.2) is 34.3 Å². The van der Waals surface area contributed by atoms with Gasteiger partial charge in [0.1, 0.15) is 0 Å². The molecule has 100 valence electrons. The molecule has 0 radical (unpaired) electrons. The van der Waals surface area contributed by atoms with Crippen molar-refractivity contribution in [3.63, 3.8) is 0 Å². The van der Waals surface area contributed by atoms with Crippen LogP contribution in [0.1, 0.15) is 44.9 Å². The molecule has 1 aliphatic heterocycles. The van der Waals surface area contributed by atoms with Crippen molar-refractivity contribution < 1.29 is 19.5 Å². The largest absolute Gasteiger partial charge is 0.481 e. The molecule has 2 rings (SSSR count). The Bertz CT molecular complexity index is 344. The summed E-state index contributed by atoms with van der Waals surface area (Å²) in [6.07, 6.45) is 4.69. The fourth-order valence-corrected chi connectivity index (χ4v) is 2.95. The number of piperidine rings is 1. The van der Waals surface area contributed by atoms with Gasteiger partial charge in [0.25, 0.3) is 0 Å². The minimum atomic E-state index is -0.830. The van der Waals surface area contributed by atoms with Gasteiger partial charge in [0.05, 0.1) is 0 Å². The summed E-state index contributed by atoms with van der Waals surface area (Å²) in [4.78, 5) is 35.9. The number of unbranched alkanes of at least 4 members (excludes halogenated alkanes) is 1. The maximum Gasteiger partial charge on any atom is 0.303 e. The number of carbonyl (C=O) groups is 3. The third-order valence-electron chi connectivity index (χ3n) is 3.93. The van der Waals surface area contributed by atoms with Crippen molar-refractivity contribution in [3.05, 3.63) is 0 Å². The molecule has 0 aromatic heterocycles. The number of amides is 2. The fraction of sp³-hybridized carbons (Fsp3) is 0.769. The third kappa shape index (κ3) is 2.71. The quantitative estimate of drug-likeness (QED) is 0.594. The number of carboxylic acids is 1. The number of hydrogen-bond acceptors (Lipinski definition) is 3. The maximum absolute atomic E-state index is 12.1. The Hall–Kier alpha value is -1.39. The van der Waals surface area contributed by atoms with Gasteiger partial charge in [-0.1, -0.05) is 6.42 Å². The molecule has 1 saturated heterocycles. The van der Waals surface area contributed by atoms with E-state index in [0.717, 1.165) is 25.7 Å². The lowest BCUT2D eigenvalue weighted by Crippen LogP contribution is -2.51. The molecule has 2 fully saturated rings. The first kappa shape index (κ1) is 13.1. The van der Waals surface area contributed by atoms with Gasteiger partial charge < -0.3 is 5.11 Å². The van der Waals surface area contributed by atoms with E-state index in [2.05, 4.69) is 0 Å². The van der Waals surface area contributed by atoms with E-state index < -0.39 is 5.97 Å². The van der Waals surface area contributed by atoms with E-state index in [9.17, 15) is 14.4 Å². The van der Waals surface area contributed by atoms with Gasteiger partial charge in [0.2, 0.25) is 11.8 Å². The second-order valence-electron chi connectivity index (χ2n) is 5.24. The smallest absolute Gasteiger partial charge is 0.303 e. The lowest BCUT2D eigenvalue weighted by atomic mass is 9.77. The average molecular weight is 253 g/mol. The Morgan fingerprint density at radius 1 is 1.17 bits per heavy atom. The van der Waals surface area contributed by atoms with Crippen LogP contribution in [0.25, 0.3) is 0 Å². The van der Waals surface area contributed by atoms with Crippen LogP contribution >= 0.6 is 0 Å². The van der Waals surface area contributed by atoms with Crippen molar-refractivity contribution in [2.24, 2.45) is 11.8 Å². The topological polar surface area (TPSA) is 74.7 Å². The van der Waals surface area contributed by atoms with E-state index in [0.29, 0.717) is 19.4 Å². The summed E-state index contributed by atoms with van der Waals surface area (Å²) in [5, 5.41) is 8.54. The van der Waals surface area contributed by atoms with Crippen molar-refractivity contribution in [2.75, 3.05) is 6.54 Å². The maximum atomic E-state index is 12.1. The Morgan fingerprint density at radius 3 is 2.33 bits per heavy atom. The molecule has 2 bridgehead atoms. The van der Waals surface area contributed by atoms with Gasteiger partial charge in [-0.3, -0.25) is 19.3 Å². The van der Waals surface area contributed by atoms with Crippen molar-refractivity contribution >= 4 is 17.8 Å². The van der Waals surface area contributed by atoms with Gasteiger partial charge in [0.15, 0.2) is 0 Å². The molecule has 2 amide bonds. The van der Waals surface area contributed by atoms with Crippen LogP contribution in [0.2, 0.25) is 0 Å². The van der Waals surface area contributed by atoms with Gasteiger partial charge >= 0.3 is 5.97 Å². The number of fused-ring (bicyclic) bond motifs is 2. The van der Waals surface area contributed by atoms with E-state index in [1.807, 2.05) is 0 Å². The number of nitrogens with zero attached hydrogens (tertiary/aromatic N) is 1. The second-order valence-corrected chi connectivity index (χ2v) is 5.24. The van der Waals surface area contributed by atoms with Gasteiger partial charge in [0, 0.05) is 24.8 Å². The first-order valence-corrected chi connectivity index (χ1v) is 6.66. The Labute approximate surface area is 106 Å². The highest BCUT2D eigenvalue weighted by molar-refractivity contribution is 6.00. The normalized spacial score (nSPS) is 27.4. The van der Waals surface area contributed by atoms with E-state index in [4.69, 9.17) is 5.11 Å². The van der Waals surface area contributed by atoms with Gasteiger partial charge in [-0.25, -0.2) is 0 Å². The molecule has 2 unspecified atom stereocenters. The van der Waals surface area contributed by atoms with Gasteiger partial charge in [-0.15, -0.1) is 0 Å². The van der Waals surface area contributed by atoms with Crippen molar-refractivity contribution in [2.45, 2.75) is 44.9 Å². The number of hydrogen-bond donors (Lipinski definition) is 1. The van der Waals surface area contributed by atoms with Crippen molar-refractivity contribution in [3.8, 4) is 0 Å². The zero-order valence-electron chi connectivity index (χ0n) is 10.4. The Morgan fingerprint density at radius 2 is 1.78 bits per heavy atom. The van der Waals surface area contributed by atoms with Crippen LogP contribution in [-0.2, 0) is 14.4 Å². The van der Waals surface area contributed by atoms with Gasteiger partial charge in [-0.05, 0) is 32.1 Å². The Kier molecular flexibility index (Phi) is 3.99. The lowest BCUT2D eigenvalue weighted by Gasteiger charge is -2.38. The summed E-state index contributed by atoms with van der Waals surface area (Å²) in [5.41, 5.74) is 0. The van der Waals surface area contributed by atoms with E-state index in [1.165, 1.54) is 4.90 Å². The van der Waals surface area contributed by atoms with Crippen molar-refractivity contribution in [1.29, 1.82) is 0 Å². The number of carboxylic acid groups (broad SMARTS) is 1. The number of imide groups is 1. The van der Waals surface area contributed by atoms with Crippen LogP contribution < -0.4 is 0 Å². The molecule has 0 aromatic carbocycles. The molecule has 2 atom stereocenters. The zero-order chi connectivity index (χ0) is 13.1. The molecule has 1 saturated carbocycles. The standard InChI is InChI=1S/C13H19NO4/c15-11(16)6-1-2-7-14-12(17)9-4-3-5-10(8-9)13(14)18/h9-10H,1-8H2,(H,15,16). The predicted octanol–water partition coefficient (Wildman–Crippen LogP) is 1.42. The summed E-state index contributed by atoms with van der Waals surface area (Å²) in [6, 6.07) is 0. The van der Waals surface area contributed by atoms with Crippen LogP contribution in [0.5, 0.6) is 0 Å². The summed E-state index contributed by atoms with van der Waals surface area (Å²) >= 11 is 0. The highest BCUT2D eigenvalue weighted by atomic mass is 16.4. The van der Waals surface area contributed by atoms with Crippen LogP contribution in [0, 0.1) is 11.8 Å². The molecular weight excluding hydrogens is 234 g/mol. The number of aliphatic carboxylic acids is 1. The van der Waals surface area contributed by atoms with Crippen LogP contribution in [0.3, 0.4) is 0 Å². The molecule has 5 nitrogen and oxygen atoms in total. The summed E-state index contributed by atoms with van der Waals surface area (Å²) in [7, 11) is 0. The highest BCUT2D eigenvalue weighted by Crippen LogP contribution is 2.36. The van der Waals surface area contributed by atoms with Crippen LogP contribution in [0.4, 0.5) is 0 Å². The molecule has 18 heavy (non-hydrogen) atoms. The molecule has 1 aliphatic carbocycles. The monoisotopic (exact) mass is 253 g/mol.